The molecule has 0 radical (unpaired) electrons. The van der Waals surface area contributed by atoms with Gasteiger partial charge in [-0.2, -0.15) is 0 Å². The highest BCUT2D eigenvalue weighted by atomic mass is 16.5. The summed E-state index contributed by atoms with van der Waals surface area (Å²) >= 11 is 0. The predicted molar refractivity (Wildman–Crippen MR) is 83.5 cm³/mol. The van der Waals surface area contributed by atoms with Crippen molar-refractivity contribution in [2.45, 2.75) is 32.9 Å². The van der Waals surface area contributed by atoms with Crippen molar-refractivity contribution in [1.29, 1.82) is 0 Å². The molecule has 4 heteroatoms. The second kappa shape index (κ2) is 7.09. The summed E-state index contributed by atoms with van der Waals surface area (Å²) in [5, 5.41) is 9.29. The van der Waals surface area contributed by atoms with Crippen LogP contribution in [0.25, 0.3) is 11.3 Å². The van der Waals surface area contributed by atoms with E-state index < -0.39 is 0 Å². The molecule has 1 aromatic heterocycles. The van der Waals surface area contributed by atoms with Crippen LogP contribution in [0, 0.1) is 0 Å². The second-order valence-corrected chi connectivity index (χ2v) is 4.91. The Balaban J connectivity index is 2.62. The lowest BCUT2D eigenvalue weighted by Gasteiger charge is -2.16. The Kier molecular flexibility index (Phi) is 5.17. The fourth-order valence-corrected chi connectivity index (χ4v) is 2.37. The Morgan fingerprint density at radius 2 is 1.95 bits per heavy atom. The molecule has 112 valence electrons. The average molecular weight is 287 g/mol. The lowest BCUT2D eigenvalue weighted by Crippen LogP contribution is -2.25. The minimum absolute atomic E-state index is 0.130. The standard InChI is InChI=1S/C17H21NO3/c1-3-4-11-18-15(10-9-13(12-19)17(18)20)14-7-5-6-8-16(14)21-2/h5-10,19H,3-4,11-12H2,1-2H3. The molecule has 0 aliphatic heterocycles. The number of pyridine rings is 1. The number of aliphatic hydroxyl groups is 1. The Bertz CT molecular complexity index is 661. The molecule has 0 saturated carbocycles. The van der Waals surface area contributed by atoms with Gasteiger partial charge in [-0.3, -0.25) is 4.79 Å². The van der Waals surface area contributed by atoms with E-state index in [9.17, 15) is 9.90 Å². The Hall–Kier alpha value is -2.07. The minimum Gasteiger partial charge on any atom is -0.496 e. The third-order valence-corrected chi connectivity index (χ3v) is 3.54. The van der Waals surface area contributed by atoms with E-state index in [0.29, 0.717) is 12.1 Å². The molecule has 2 rings (SSSR count). The quantitative estimate of drug-likeness (QED) is 0.889. The SMILES string of the molecule is CCCCn1c(-c2ccccc2OC)ccc(CO)c1=O. The maximum Gasteiger partial charge on any atom is 0.256 e. The summed E-state index contributed by atoms with van der Waals surface area (Å²) < 4.78 is 7.12. The monoisotopic (exact) mass is 287 g/mol. The van der Waals surface area contributed by atoms with E-state index in [0.717, 1.165) is 29.8 Å². The van der Waals surface area contributed by atoms with Gasteiger partial charge in [0.05, 0.1) is 19.4 Å². The number of para-hydroxylation sites is 1. The largest absolute Gasteiger partial charge is 0.496 e. The molecule has 1 aromatic carbocycles. The molecule has 0 fully saturated rings. The minimum atomic E-state index is -0.239. The average Bonchev–Trinajstić information content (AvgIpc) is 2.53. The molecule has 1 heterocycles. The van der Waals surface area contributed by atoms with E-state index in [1.807, 2.05) is 30.3 Å². The number of nitrogens with zero attached hydrogens (tertiary/aromatic N) is 1. The van der Waals surface area contributed by atoms with E-state index in [2.05, 4.69) is 6.92 Å². The van der Waals surface area contributed by atoms with Crippen LogP contribution < -0.4 is 10.3 Å². The van der Waals surface area contributed by atoms with E-state index in [1.165, 1.54) is 0 Å². The van der Waals surface area contributed by atoms with Gasteiger partial charge in [0.1, 0.15) is 5.75 Å². The Morgan fingerprint density at radius 1 is 1.19 bits per heavy atom. The fraction of sp³-hybridized carbons (Fsp3) is 0.353. The zero-order valence-corrected chi connectivity index (χ0v) is 12.5. The summed E-state index contributed by atoms with van der Waals surface area (Å²) in [4.78, 5) is 12.5. The Labute approximate surface area is 124 Å². The van der Waals surface area contributed by atoms with Gasteiger partial charge in [0, 0.05) is 17.7 Å². The summed E-state index contributed by atoms with van der Waals surface area (Å²) in [7, 11) is 1.62. The number of hydrogen-bond donors (Lipinski definition) is 1. The van der Waals surface area contributed by atoms with E-state index in [1.54, 1.807) is 17.7 Å². The number of benzene rings is 1. The number of methoxy groups -OCH3 is 1. The van der Waals surface area contributed by atoms with Crippen molar-refractivity contribution >= 4 is 0 Å². The molecule has 0 spiro atoms. The second-order valence-electron chi connectivity index (χ2n) is 4.91. The first kappa shape index (κ1) is 15.3. The molecule has 21 heavy (non-hydrogen) atoms. The van der Waals surface area contributed by atoms with Crippen LogP contribution in [0.4, 0.5) is 0 Å². The van der Waals surface area contributed by atoms with Gasteiger partial charge >= 0.3 is 0 Å². The first-order chi connectivity index (χ1) is 10.2. The van der Waals surface area contributed by atoms with Crippen LogP contribution in [0.15, 0.2) is 41.2 Å². The number of unbranched alkanes of at least 4 members (excludes halogenated alkanes) is 1. The van der Waals surface area contributed by atoms with Crippen molar-refractivity contribution in [2.75, 3.05) is 7.11 Å². The van der Waals surface area contributed by atoms with Crippen molar-refractivity contribution in [2.24, 2.45) is 0 Å². The van der Waals surface area contributed by atoms with Crippen LogP contribution in [0.5, 0.6) is 5.75 Å². The molecule has 0 amide bonds. The molecular weight excluding hydrogens is 266 g/mol. The highest BCUT2D eigenvalue weighted by molar-refractivity contribution is 5.67. The lowest BCUT2D eigenvalue weighted by atomic mass is 10.1. The van der Waals surface area contributed by atoms with Gasteiger partial charge < -0.3 is 14.4 Å². The summed E-state index contributed by atoms with van der Waals surface area (Å²) in [6.45, 7) is 2.48. The third kappa shape index (κ3) is 3.16. The van der Waals surface area contributed by atoms with E-state index in [4.69, 9.17) is 4.74 Å². The zero-order chi connectivity index (χ0) is 15.2. The first-order valence-electron chi connectivity index (χ1n) is 7.19. The molecule has 2 aromatic rings. The third-order valence-electron chi connectivity index (χ3n) is 3.54. The van der Waals surface area contributed by atoms with Crippen LogP contribution >= 0.6 is 0 Å². The molecule has 0 aliphatic carbocycles. The summed E-state index contributed by atoms with van der Waals surface area (Å²) in [6, 6.07) is 11.2. The molecule has 0 bridgehead atoms. The molecule has 0 unspecified atom stereocenters. The van der Waals surface area contributed by atoms with Crippen molar-refractivity contribution in [3.63, 3.8) is 0 Å². The molecular formula is C17H21NO3. The topological polar surface area (TPSA) is 51.5 Å². The maximum absolute atomic E-state index is 12.5. The number of ether oxygens (including phenoxy) is 1. The van der Waals surface area contributed by atoms with Gasteiger partial charge in [0.25, 0.3) is 5.56 Å². The number of aliphatic hydroxyl groups excluding tert-OH is 1. The van der Waals surface area contributed by atoms with Gasteiger partial charge in [0.2, 0.25) is 0 Å². The first-order valence-corrected chi connectivity index (χ1v) is 7.19. The zero-order valence-electron chi connectivity index (χ0n) is 12.5. The van der Waals surface area contributed by atoms with Crippen molar-refractivity contribution in [3.8, 4) is 17.0 Å². The molecule has 1 N–H and O–H groups in total. The fourth-order valence-electron chi connectivity index (χ4n) is 2.37. The van der Waals surface area contributed by atoms with Gasteiger partial charge in [-0.25, -0.2) is 0 Å². The van der Waals surface area contributed by atoms with Crippen molar-refractivity contribution < 1.29 is 9.84 Å². The highest BCUT2D eigenvalue weighted by Gasteiger charge is 2.13. The summed E-state index contributed by atoms with van der Waals surface area (Å²) in [5.41, 5.74) is 2.00. The number of aromatic nitrogens is 1. The van der Waals surface area contributed by atoms with Crippen LogP contribution in [-0.4, -0.2) is 16.8 Å². The summed E-state index contributed by atoms with van der Waals surface area (Å²) in [5.74, 6) is 0.735. The molecule has 4 nitrogen and oxygen atoms in total. The highest BCUT2D eigenvalue weighted by Crippen LogP contribution is 2.29. The summed E-state index contributed by atoms with van der Waals surface area (Å²) in [6.07, 6.45) is 1.91. The lowest BCUT2D eigenvalue weighted by molar-refractivity contribution is 0.279. The van der Waals surface area contributed by atoms with Gasteiger partial charge in [-0.1, -0.05) is 25.5 Å². The van der Waals surface area contributed by atoms with Gasteiger partial charge in [-0.15, -0.1) is 0 Å². The van der Waals surface area contributed by atoms with Crippen LogP contribution in [-0.2, 0) is 13.2 Å². The van der Waals surface area contributed by atoms with Crippen molar-refractivity contribution in [1.82, 2.24) is 4.57 Å². The molecule has 0 saturated heterocycles. The maximum atomic E-state index is 12.5. The van der Waals surface area contributed by atoms with Gasteiger partial charge in [-0.05, 0) is 30.7 Å². The smallest absolute Gasteiger partial charge is 0.256 e. The molecule has 0 aliphatic rings. The Morgan fingerprint density at radius 3 is 2.62 bits per heavy atom. The van der Waals surface area contributed by atoms with Crippen LogP contribution in [0.1, 0.15) is 25.3 Å². The van der Waals surface area contributed by atoms with E-state index >= 15 is 0 Å². The van der Waals surface area contributed by atoms with E-state index in [-0.39, 0.29) is 12.2 Å². The predicted octanol–water partition coefficient (Wildman–Crippen LogP) is 2.82. The number of rotatable bonds is 6. The van der Waals surface area contributed by atoms with Crippen LogP contribution in [0.2, 0.25) is 0 Å². The number of hydrogen-bond acceptors (Lipinski definition) is 3. The molecule has 0 atom stereocenters. The van der Waals surface area contributed by atoms with Crippen LogP contribution in [0.3, 0.4) is 0 Å². The van der Waals surface area contributed by atoms with Crippen molar-refractivity contribution in [3.05, 3.63) is 52.3 Å². The van der Waals surface area contributed by atoms with Gasteiger partial charge in [0.15, 0.2) is 0 Å². The normalized spacial score (nSPS) is 10.6.